The third-order valence-corrected chi connectivity index (χ3v) is 6.18. The van der Waals surface area contributed by atoms with Gasteiger partial charge >= 0.3 is 29.6 Å². The van der Waals surface area contributed by atoms with E-state index < -0.39 is 24.6 Å². The van der Waals surface area contributed by atoms with Gasteiger partial charge in [-0.15, -0.1) is 0 Å². The predicted molar refractivity (Wildman–Crippen MR) is 121 cm³/mol. The number of carboxylic acids is 1. The molecule has 0 bridgehead atoms. The van der Waals surface area contributed by atoms with Gasteiger partial charge in [-0.25, -0.2) is 4.39 Å². The zero-order valence-electron chi connectivity index (χ0n) is 19.8. The van der Waals surface area contributed by atoms with Crippen LogP contribution in [-0.4, -0.2) is 33.0 Å². The Kier molecular flexibility index (Phi) is 10.8. The van der Waals surface area contributed by atoms with Crippen LogP contribution >= 0.6 is 0 Å². The molecule has 0 saturated heterocycles. The van der Waals surface area contributed by atoms with Crippen molar-refractivity contribution in [3.05, 3.63) is 53.6 Å². The van der Waals surface area contributed by atoms with Gasteiger partial charge in [0.05, 0.1) is 12.2 Å². The van der Waals surface area contributed by atoms with Crippen molar-refractivity contribution in [1.82, 2.24) is 4.57 Å². The number of carboxylic acid groups (broad SMARTS) is 1. The number of rotatable bonds is 9. The molecule has 33 heavy (non-hydrogen) atoms. The Balaban J connectivity index is 0.00000385. The number of nitrogens with zero attached hydrogens (tertiary/aromatic N) is 1. The van der Waals surface area contributed by atoms with Gasteiger partial charge in [-0.2, -0.15) is 0 Å². The second kappa shape index (κ2) is 12.9. The number of carbonyl (C=O) groups excluding carboxylic acids is 1. The summed E-state index contributed by atoms with van der Waals surface area (Å²) >= 11 is 0. The summed E-state index contributed by atoms with van der Waals surface area (Å²) in [5, 5.41) is 30.8. The smallest absolute Gasteiger partial charge is 0.550 e. The molecule has 0 unspecified atom stereocenters. The van der Waals surface area contributed by atoms with Crippen molar-refractivity contribution in [3.8, 4) is 11.1 Å². The summed E-state index contributed by atoms with van der Waals surface area (Å²) < 4.78 is 15.9. The van der Waals surface area contributed by atoms with Crippen molar-refractivity contribution in [3.63, 3.8) is 0 Å². The van der Waals surface area contributed by atoms with Crippen LogP contribution in [-0.2, 0) is 4.79 Å². The SMILES string of the molecule is CC(C)c1c(/C=C/[C@@H](O)C[C@@H](O)CC(=O)[O-])c(-c2ccc(F)cc2)cn1C1CCCCC1.[Na+]. The number of benzene rings is 1. The number of hydrogen-bond donors (Lipinski definition) is 2. The molecule has 1 aliphatic carbocycles. The molecule has 174 valence electrons. The first kappa shape index (κ1) is 27.8. The topological polar surface area (TPSA) is 85.5 Å². The van der Waals surface area contributed by atoms with Crippen molar-refractivity contribution < 1.29 is 54.1 Å². The van der Waals surface area contributed by atoms with E-state index in [0.717, 1.165) is 35.2 Å². The van der Waals surface area contributed by atoms with E-state index >= 15 is 0 Å². The summed E-state index contributed by atoms with van der Waals surface area (Å²) in [4.78, 5) is 10.7. The third-order valence-electron chi connectivity index (χ3n) is 6.18. The van der Waals surface area contributed by atoms with Crippen molar-refractivity contribution in [2.24, 2.45) is 0 Å². The summed E-state index contributed by atoms with van der Waals surface area (Å²) in [7, 11) is 0. The predicted octanol–water partition coefficient (Wildman–Crippen LogP) is 1.19. The third kappa shape index (κ3) is 7.52. The summed E-state index contributed by atoms with van der Waals surface area (Å²) in [5.74, 6) is -1.41. The summed E-state index contributed by atoms with van der Waals surface area (Å²) in [6.07, 6.45) is 8.73. The number of halogens is 1. The van der Waals surface area contributed by atoms with Gasteiger partial charge in [0.2, 0.25) is 0 Å². The second-order valence-corrected chi connectivity index (χ2v) is 9.09. The Morgan fingerprint density at radius 2 is 1.82 bits per heavy atom. The van der Waals surface area contributed by atoms with E-state index in [0.29, 0.717) is 6.04 Å². The van der Waals surface area contributed by atoms with Crippen LogP contribution in [0.5, 0.6) is 0 Å². The number of aromatic nitrogens is 1. The molecular weight excluding hydrogens is 432 g/mol. The van der Waals surface area contributed by atoms with Crippen LogP contribution in [0.25, 0.3) is 17.2 Å². The maximum atomic E-state index is 13.6. The average molecular weight is 466 g/mol. The van der Waals surface area contributed by atoms with Gasteiger partial charge in [0, 0.05) is 47.9 Å². The van der Waals surface area contributed by atoms with E-state index in [4.69, 9.17) is 0 Å². The molecule has 1 fully saturated rings. The van der Waals surface area contributed by atoms with Crippen molar-refractivity contribution in [1.29, 1.82) is 0 Å². The number of hydrogen-bond acceptors (Lipinski definition) is 4. The van der Waals surface area contributed by atoms with Gasteiger partial charge in [-0.1, -0.05) is 57.4 Å². The van der Waals surface area contributed by atoms with Gasteiger partial charge in [0.1, 0.15) is 5.82 Å². The largest absolute Gasteiger partial charge is 1.00 e. The molecule has 2 aromatic rings. The van der Waals surface area contributed by atoms with Crippen LogP contribution in [0.1, 0.15) is 82.0 Å². The minimum absolute atomic E-state index is 0. The molecule has 0 spiro atoms. The summed E-state index contributed by atoms with van der Waals surface area (Å²) in [5.41, 5.74) is 3.99. The molecule has 2 atom stereocenters. The second-order valence-electron chi connectivity index (χ2n) is 9.09. The van der Waals surface area contributed by atoms with E-state index in [1.807, 2.05) is 6.08 Å². The van der Waals surface area contributed by atoms with E-state index in [2.05, 4.69) is 24.6 Å². The Morgan fingerprint density at radius 1 is 1.18 bits per heavy atom. The van der Waals surface area contributed by atoms with E-state index in [1.165, 1.54) is 31.4 Å². The van der Waals surface area contributed by atoms with Gasteiger partial charge in [-0.05, 0) is 36.5 Å². The van der Waals surface area contributed by atoms with Gasteiger partial charge in [0.15, 0.2) is 0 Å². The van der Waals surface area contributed by atoms with Crippen molar-refractivity contribution >= 4 is 12.0 Å². The Hall–Kier alpha value is -1.44. The molecule has 0 radical (unpaired) electrons. The first-order chi connectivity index (χ1) is 15.3. The van der Waals surface area contributed by atoms with Gasteiger partial charge in [0.25, 0.3) is 0 Å². The van der Waals surface area contributed by atoms with Crippen LogP contribution in [0.15, 0.2) is 36.5 Å². The first-order valence-corrected chi connectivity index (χ1v) is 11.5. The summed E-state index contributed by atoms with van der Waals surface area (Å²) in [6, 6.07) is 6.83. The van der Waals surface area contributed by atoms with E-state index in [1.54, 1.807) is 18.2 Å². The molecule has 1 saturated carbocycles. The van der Waals surface area contributed by atoms with Crippen molar-refractivity contribution in [2.45, 2.75) is 83.0 Å². The van der Waals surface area contributed by atoms with Crippen LogP contribution in [0.4, 0.5) is 4.39 Å². The van der Waals surface area contributed by atoms with Crippen molar-refractivity contribution in [2.75, 3.05) is 0 Å². The number of aliphatic hydroxyl groups is 2. The standard InChI is InChI=1S/C26H34FNO4.Na/c1-17(2)26-23(13-12-21(29)14-22(30)15-25(31)32)24(18-8-10-19(27)11-9-18)16-28(26)20-6-4-3-5-7-20;/h8-13,16-17,20-22,29-30H,3-7,14-15H2,1-2H3,(H,31,32);/q;+1/p-1/b13-12+;/t21-,22-;/m1./s1. The molecule has 0 aliphatic heterocycles. The maximum absolute atomic E-state index is 13.6. The fourth-order valence-electron chi connectivity index (χ4n) is 4.70. The number of aliphatic hydroxyl groups excluding tert-OH is 2. The van der Waals surface area contributed by atoms with Gasteiger partial charge in [-0.3, -0.25) is 0 Å². The minimum Gasteiger partial charge on any atom is -0.550 e. The molecule has 1 aliphatic rings. The zero-order valence-corrected chi connectivity index (χ0v) is 21.8. The molecule has 7 heteroatoms. The molecule has 2 N–H and O–H groups in total. The quantitative estimate of drug-likeness (QED) is 0.545. The molecule has 0 amide bonds. The molecule has 3 rings (SSSR count). The van der Waals surface area contributed by atoms with Gasteiger partial charge < -0.3 is 24.7 Å². The number of carbonyl (C=O) groups is 1. The van der Waals surface area contributed by atoms with Crippen LogP contribution in [0, 0.1) is 5.82 Å². The zero-order chi connectivity index (χ0) is 23.3. The molecule has 1 aromatic heterocycles. The van der Waals surface area contributed by atoms with Crippen LogP contribution in [0.3, 0.4) is 0 Å². The Bertz CT molecular complexity index is 933. The summed E-state index contributed by atoms with van der Waals surface area (Å²) in [6.45, 7) is 4.28. The molecule has 1 heterocycles. The maximum Gasteiger partial charge on any atom is 1.00 e. The normalized spacial score (nSPS) is 16.7. The van der Waals surface area contributed by atoms with E-state index in [-0.39, 0.29) is 47.7 Å². The fourth-order valence-corrected chi connectivity index (χ4v) is 4.70. The molecular formula is C26H33FNNaO4. The monoisotopic (exact) mass is 465 g/mol. The van der Waals surface area contributed by atoms with Crippen LogP contribution < -0.4 is 34.7 Å². The minimum atomic E-state index is -1.35. The molecule has 1 aromatic carbocycles. The number of aliphatic carboxylic acids is 1. The Labute approximate surface area is 217 Å². The van der Waals surface area contributed by atoms with Crippen LogP contribution in [0.2, 0.25) is 0 Å². The first-order valence-electron chi connectivity index (χ1n) is 11.5. The Morgan fingerprint density at radius 3 is 2.39 bits per heavy atom. The fraction of sp³-hybridized carbons (Fsp3) is 0.500. The average Bonchev–Trinajstić information content (AvgIpc) is 3.12. The van der Waals surface area contributed by atoms with E-state index in [9.17, 15) is 24.5 Å². The molecule has 5 nitrogen and oxygen atoms in total.